The summed E-state index contributed by atoms with van der Waals surface area (Å²) in [5, 5.41) is 15.4. The fourth-order valence-corrected chi connectivity index (χ4v) is 3.52. The number of halogens is 1. The third-order valence-corrected chi connectivity index (χ3v) is 5.03. The molecule has 2 N–H and O–H groups in total. The van der Waals surface area contributed by atoms with Gasteiger partial charge in [-0.05, 0) is 42.5 Å². The number of amides is 2. The maximum absolute atomic E-state index is 14.1. The van der Waals surface area contributed by atoms with Gasteiger partial charge in [0.25, 0.3) is 11.8 Å². The third-order valence-electron chi connectivity index (χ3n) is 4.35. The predicted octanol–water partition coefficient (Wildman–Crippen LogP) is 2.62. The molecule has 6 nitrogen and oxygen atoms in total. The van der Waals surface area contributed by atoms with Crippen molar-refractivity contribution >= 4 is 29.1 Å². The van der Waals surface area contributed by atoms with Crippen LogP contribution < -0.4 is 5.32 Å². The van der Waals surface area contributed by atoms with Crippen molar-refractivity contribution in [3.8, 4) is 0 Å². The molecular formula is C18H17FN2O4S. The number of thiophene rings is 1. The Morgan fingerprint density at radius 1 is 1.15 bits per heavy atom. The smallest absolute Gasteiger partial charge is 0.335 e. The van der Waals surface area contributed by atoms with E-state index in [1.54, 1.807) is 11.4 Å². The summed E-state index contributed by atoms with van der Waals surface area (Å²) in [6.45, 7) is 0.793. The first kappa shape index (κ1) is 18.1. The second-order valence-corrected chi connectivity index (χ2v) is 6.83. The van der Waals surface area contributed by atoms with Gasteiger partial charge in [0.15, 0.2) is 0 Å². The summed E-state index contributed by atoms with van der Waals surface area (Å²) in [5.74, 6) is -2.69. The summed E-state index contributed by atoms with van der Waals surface area (Å²) in [6.07, 6.45) is 1.16. The van der Waals surface area contributed by atoms with Crippen molar-refractivity contribution in [3.63, 3.8) is 0 Å². The van der Waals surface area contributed by atoms with Gasteiger partial charge in [-0.3, -0.25) is 9.59 Å². The van der Waals surface area contributed by atoms with Gasteiger partial charge in [-0.2, -0.15) is 11.3 Å². The highest BCUT2D eigenvalue weighted by Gasteiger charge is 2.26. The molecule has 0 spiro atoms. The summed E-state index contributed by atoms with van der Waals surface area (Å²) in [7, 11) is 0. The average molecular weight is 376 g/mol. The number of likely N-dealkylation sites (tertiary alicyclic amines) is 1. The maximum atomic E-state index is 14.1. The molecule has 26 heavy (non-hydrogen) atoms. The van der Waals surface area contributed by atoms with Gasteiger partial charge in [0.2, 0.25) is 0 Å². The van der Waals surface area contributed by atoms with Crippen molar-refractivity contribution in [2.45, 2.75) is 18.9 Å². The van der Waals surface area contributed by atoms with Crippen LogP contribution in [-0.2, 0) is 0 Å². The van der Waals surface area contributed by atoms with Crippen molar-refractivity contribution in [1.82, 2.24) is 10.2 Å². The van der Waals surface area contributed by atoms with E-state index in [2.05, 4.69) is 5.32 Å². The SMILES string of the molecule is O=C(O)c1ccc(C(=O)N2CCC(NC(=O)c3ccsc3)CC2)c(F)c1. The Balaban J connectivity index is 1.58. The molecule has 2 aromatic rings. The molecular weight excluding hydrogens is 359 g/mol. The number of carboxylic acid groups (broad SMARTS) is 1. The van der Waals surface area contributed by atoms with Gasteiger partial charge < -0.3 is 15.3 Å². The fourth-order valence-electron chi connectivity index (χ4n) is 2.88. The molecule has 0 unspecified atom stereocenters. The van der Waals surface area contributed by atoms with Crippen molar-refractivity contribution in [2.75, 3.05) is 13.1 Å². The quantitative estimate of drug-likeness (QED) is 0.859. The Morgan fingerprint density at radius 3 is 2.46 bits per heavy atom. The van der Waals surface area contributed by atoms with Crippen LogP contribution in [-0.4, -0.2) is 46.9 Å². The molecule has 136 valence electrons. The first-order valence-corrected chi connectivity index (χ1v) is 9.05. The minimum absolute atomic E-state index is 0.0364. The molecule has 1 aromatic carbocycles. The van der Waals surface area contributed by atoms with Crippen LogP contribution in [0.4, 0.5) is 4.39 Å². The second kappa shape index (κ2) is 7.65. The largest absolute Gasteiger partial charge is 0.478 e. The van der Waals surface area contributed by atoms with Gasteiger partial charge >= 0.3 is 5.97 Å². The first-order chi connectivity index (χ1) is 12.5. The highest BCUT2D eigenvalue weighted by molar-refractivity contribution is 7.08. The second-order valence-electron chi connectivity index (χ2n) is 6.05. The molecule has 1 saturated heterocycles. The molecule has 0 saturated carbocycles. The van der Waals surface area contributed by atoms with Gasteiger partial charge in [-0.15, -0.1) is 0 Å². The van der Waals surface area contributed by atoms with Crippen LogP contribution in [0.3, 0.4) is 0 Å². The number of carbonyl (C=O) groups is 3. The van der Waals surface area contributed by atoms with Crippen molar-refractivity contribution in [1.29, 1.82) is 0 Å². The molecule has 0 bridgehead atoms. The molecule has 8 heteroatoms. The molecule has 3 rings (SSSR count). The number of nitrogens with zero attached hydrogens (tertiary/aromatic N) is 1. The lowest BCUT2D eigenvalue weighted by molar-refractivity contribution is 0.0678. The number of carbonyl (C=O) groups excluding carboxylic acids is 2. The van der Waals surface area contributed by atoms with Gasteiger partial charge in [-0.1, -0.05) is 0 Å². The van der Waals surface area contributed by atoms with Crippen LogP contribution in [0.15, 0.2) is 35.0 Å². The molecule has 1 aliphatic heterocycles. The Kier molecular flexibility index (Phi) is 5.32. The fraction of sp³-hybridized carbons (Fsp3) is 0.278. The van der Waals surface area contributed by atoms with E-state index in [0.717, 1.165) is 6.07 Å². The molecule has 1 aliphatic rings. The van der Waals surface area contributed by atoms with Crippen LogP contribution in [0.5, 0.6) is 0 Å². The van der Waals surface area contributed by atoms with E-state index in [1.807, 2.05) is 5.38 Å². The number of rotatable bonds is 4. The molecule has 2 amide bonds. The number of piperidine rings is 1. The Hall–Kier alpha value is -2.74. The van der Waals surface area contributed by atoms with Crippen molar-refractivity contribution < 1.29 is 23.9 Å². The zero-order valence-electron chi connectivity index (χ0n) is 13.8. The van der Waals surface area contributed by atoms with E-state index in [-0.39, 0.29) is 23.1 Å². The molecule has 2 heterocycles. The third kappa shape index (κ3) is 3.91. The average Bonchev–Trinajstić information content (AvgIpc) is 3.16. The lowest BCUT2D eigenvalue weighted by Gasteiger charge is -2.32. The predicted molar refractivity (Wildman–Crippen MR) is 94.1 cm³/mol. The summed E-state index contributed by atoms with van der Waals surface area (Å²) in [5.41, 5.74) is 0.277. The topological polar surface area (TPSA) is 86.7 Å². The van der Waals surface area contributed by atoms with E-state index in [9.17, 15) is 18.8 Å². The number of hydrogen-bond acceptors (Lipinski definition) is 4. The summed E-state index contributed by atoms with van der Waals surface area (Å²) >= 11 is 1.45. The zero-order chi connectivity index (χ0) is 18.7. The van der Waals surface area contributed by atoms with E-state index < -0.39 is 17.7 Å². The summed E-state index contributed by atoms with van der Waals surface area (Å²) < 4.78 is 14.1. The lowest BCUT2D eigenvalue weighted by atomic mass is 10.0. The highest BCUT2D eigenvalue weighted by Crippen LogP contribution is 2.18. The molecule has 1 aromatic heterocycles. The summed E-state index contributed by atoms with van der Waals surface area (Å²) in [6, 6.07) is 4.98. The number of benzene rings is 1. The number of nitrogens with one attached hydrogen (secondary N) is 1. The normalized spacial score (nSPS) is 14.9. The van der Waals surface area contributed by atoms with Crippen LogP contribution >= 0.6 is 11.3 Å². The minimum Gasteiger partial charge on any atom is -0.478 e. The Bertz CT molecular complexity index is 830. The monoisotopic (exact) mass is 376 g/mol. The number of carboxylic acids is 1. The Labute approximate surface area is 153 Å². The van der Waals surface area contributed by atoms with Gasteiger partial charge in [0.05, 0.1) is 11.1 Å². The highest BCUT2D eigenvalue weighted by atomic mass is 32.1. The molecule has 0 aliphatic carbocycles. The number of hydrogen-bond donors (Lipinski definition) is 2. The zero-order valence-corrected chi connectivity index (χ0v) is 14.6. The maximum Gasteiger partial charge on any atom is 0.335 e. The molecule has 0 radical (unpaired) electrons. The van der Waals surface area contributed by atoms with Crippen LogP contribution in [0.2, 0.25) is 0 Å². The lowest BCUT2D eigenvalue weighted by Crippen LogP contribution is -2.46. The van der Waals surface area contributed by atoms with Gasteiger partial charge in [0.1, 0.15) is 5.82 Å². The van der Waals surface area contributed by atoms with E-state index >= 15 is 0 Å². The first-order valence-electron chi connectivity index (χ1n) is 8.11. The van der Waals surface area contributed by atoms with E-state index in [1.165, 1.54) is 28.4 Å². The van der Waals surface area contributed by atoms with Gasteiger partial charge in [-0.25, -0.2) is 9.18 Å². The van der Waals surface area contributed by atoms with Crippen LogP contribution in [0.1, 0.15) is 43.9 Å². The molecule has 0 atom stereocenters. The van der Waals surface area contributed by atoms with E-state index in [0.29, 0.717) is 31.5 Å². The minimum atomic E-state index is -1.25. The van der Waals surface area contributed by atoms with Crippen molar-refractivity contribution in [2.24, 2.45) is 0 Å². The van der Waals surface area contributed by atoms with E-state index in [4.69, 9.17) is 5.11 Å². The van der Waals surface area contributed by atoms with Crippen LogP contribution in [0.25, 0.3) is 0 Å². The van der Waals surface area contributed by atoms with Crippen LogP contribution in [0, 0.1) is 5.82 Å². The Morgan fingerprint density at radius 2 is 1.88 bits per heavy atom. The summed E-state index contributed by atoms with van der Waals surface area (Å²) in [4.78, 5) is 36.9. The standard InChI is InChI=1S/C18H17FN2O4S/c19-15-9-11(18(24)25)1-2-14(15)17(23)21-6-3-13(4-7-21)20-16(22)12-5-8-26-10-12/h1-2,5,8-10,13H,3-4,6-7H2,(H,20,22)(H,24,25). The molecule has 1 fully saturated rings. The number of aromatic carboxylic acids is 1. The van der Waals surface area contributed by atoms with Crippen molar-refractivity contribution in [3.05, 3.63) is 57.5 Å². The van der Waals surface area contributed by atoms with Gasteiger partial charge in [0, 0.05) is 30.1 Å².